The van der Waals surface area contributed by atoms with Crippen molar-refractivity contribution in [2.24, 2.45) is 0 Å². The highest BCUT2D eigenvalue weighted by Gasteiger charge is 2.16. The summed E-state index contributed by atoms with van der Waals surface area (Å²) in [5.74, 6) is -0.544. The van der Waals surface area contributed by atoms with Crippen LogP contribution in [0.15, 0.2) is 51.4 Å². The Morgan fingerprint density at radius 1 is 1.19 bits per heavy atom. The fraction of sp³-hybridized carbons (Fsp3) is 0.158. The molecule has 3 aromatic rings. The van der Waals surface area contributed by atoms with Gasteiger partial charge in [-0.2, -0.15) is 0 Å². The van der Waals surface area contributed by atoms with Gasteiger partial charge < -0.3 is 19.8 Å². The zero-order chi connectivity index (χ0) is 19.4. The van der Waals surface area contributed by atoms with Gasteiger partial charge in [0.1, 0.15) is 5.58 Å². The van der Waals surface area contributed by atoms with Crippen molar-refractivity contribution in [3.63, 3.8) is 0 Å². The first-order chi connectivity index (χ1) is 13.0. The number of carbonyl (C=O) groups is 2. The van der Waals surface area contributed by atoms with Crippen molar-refractivity contribution >= 4 is 56.0 Å². The summed E-state index contributed by atoms with van der Waals surface area (Å²) in [6, 6.07) is 11.9. The lowest BCUT2D eigenvalue weighted by atomic mass is 10.2. The van der Waals surface area contributed by atoms with Crippen LogP contribution in [0.1, 0.15) is 20.9 Å². The molecule has 1 heterocycles. The maximum atomic E-state index is 12.4. The number of para-hydroxylation sites is 1. The Morgan fingerprint density at radius 2 is 2.00 bits per heavy atom. The van der Waals surface area contributed by atoms with E-state index in [-0.39, 0.29) is 16.7 Å². The van der Waals surface area contributed by atoms with E-state index in [0.717, 1.165) is 9.86 Å². The Bertz CT molecular complexity index is 1000. The van der Waals surface area contributed by atoms with Gasteiger partial charge in [-0.1, -0.05) is 23.7 Å². The number of fused-ring (bicyclic) bond motifs is 1. The van der Waals surface area contributed by atoms with Crippen LogP contribution in [0.4, 0.5) is 5.69 Å². The number of carbonyl (C=O) groups excluding carboxylic acids is 2. The molecule has 0 aliphatic rings. The minimum absolute atomic E-state index is 0.175. The van der Waals surface area contributed by atoms with Crippen LogP contribution in [0.5, 0.6) is 0 Å². The molecule has 0 radical (unpaired) electrons. The van der Waals surface area contributed by atoms with Crippen LogP contribution in [0.25, 0.3) is 11.0 Å². The molecule has 2 amide bonds. The molecule has 0 fully saturated rings. The molecule has 0 spiro atoms. The molecule has 2 N–H and O–H groups in total. The van der Waals surface area contributed by atoms with Gasteiger partial charge in [0, 0.05) is 24.7 Å². The molecule has 0 atom stereocenters. The molecule has 3 rings (SSSR count). The number of benzene rings is 2. The molecule has 27 heavy (non-hydrogen) atoms. The van der Waals surface area contributed by atoms with Crippen LogP contribution in [-0.4, -0.2) is 32.1 Å². The molecule has 0 saturated heterocycles. The van der Waals surface area contributed by atoms with Crippen molar-refractivity contribution in [1.82, 2.24) is 5.32 Å². The van der Waals surface area contributed by atoms with Crippen molar-refractivity contribution in [3.05, 3.63) is 63.3 Å². The average molecular weight is 452 g/mol. The van der Waals surface area contributed by atoms with Crippen LogP contribution in [0, 0.1) is 0 Å². The van der Waals surface area contributed by atoms with Crippen LogP contribution in [0.3, 0.4) is 0 Å². The van der Waals surface area contributed by atoms with Crippen LogP contribution >= 0.6 is 27.5 Å². The molecule has 6 nitrogen and oxygen atoms in total. The molecule has 0 saturated carbocycles. The number of furan rings is 1. The molecule has 0 aliphatic heterocycles. The first-order valence-corrected chi connectivity index (χ1v) is 9.23. The molecule has 0 aliphatic carbocycles. The number of anilines is 1. The number of halogens is 2. The number of amides is 2. The van der Waals surface area contributed by atoms with E-state index < -0.39 is 5.91 Å². The summed E-state index contributed by atoms with van der Waals surface area (Å²) in [5.41, 5.74) is 1.38. The highest BCUT2D eigenvalue weighted by molar-refractivity contribution is 9.10. The van der Waals surface area contributed by atoms with Crippen molar-refractivity contribution < 1.29 is 18.7 Å². The molecule has 8 heteroatoms. The van der Waals surface area contributed by atoms with E-state index in [1.54, 1.807) is 25.3 Å². The standard InChI is InChI=1S/C19H16BrClN2O4/c1-26-8-7-22-18(24)13-6-5-12(10-15(13)21)23-19(25)16-9-11-3-2-4-14(20)17(11)27-16/h2-6,9-10H,7-8H2,1H3,(H,22,24)(H,23,25). The normalized spacial score (nSPS) is 10.8. The molecule has 1 aromatic heterocycles. The van der Waals surface area contributed by atoms with Crippen LogP contribution < -0.4 is 10.6 Å². The Morgan fingerprint density at radius 3 is 2.70 bits per heavy atom. The highest BCUT2D eigenvalue weighted by atomic mass is 79.9. The maximum Gasteiger partial charge on any atom is 0.291 e. The zero-order valence-electron chi connectivity index (χ0n) is 14.3. The van der Waals surface area contributed by atoms with Gasteiger partial charge in [-0.25, -0.2) is 0 Å². The van der Waals surface area contributed by atoms with Gasteiger partial charge in [0.2, 0.25) is 0 Å². The highest BCUT2D eigenvalue weighted by Crippen LogP contribution is 2.28. The van der Waals surface area contributed by atoms with Crippen molar-refractivity contribution in [2.45, 2.75) is 0 Å². The Balaban J connectivity index is 1.73. The third-order valence-electron chi connectivity index (χ3n) is 3.78. The second kappa shape index (κ2) is 8.56. The smallest absolute Gasteiger partial charge is 0.291 e. The molecule has 140 valence electrons. The first kappa shape index (κ1) is 19.4. The van der Waals surface area contributed by atoms with Gasteiger partial charge in [0.15, 0.2) is 5.76 Å². The SMILES string of the molecule is COCCNC(=O)c1ccc(NC(=O)c2cc3cccc(Br)c3o2)cc1Cl. The summed E-state index contributed by atoms with van der Waals surface area (Å²) in [6.07, 6.45) is 0. The molecule has 0 bridgehead atoms. The summed E-state index contributed by atoms with van der Waals surface area (Å²) in [7, 11) is 1.55. The summed E-state index contributed by atoms with van der Waals surface area (Å²) in [6.45, 7) is 0.789. The monoisotopic (exact) mass is 450 g/mol. The molecule has 2 aromatic carbocycles. The van der Waals surface area contributed by atoms with Crippen LogP contribution in [0.2, 0.25) is 5.02 Å². The molecular weight excluding hydrogens is 436 g/mol. The van der Waals surface area contributed by atoms with Gasteiger partial charge in [0.25, 0.3) is 11.8 Å². The van der Waals surface area contributed by atoms with Crippen molar-refractivity contribution in [3.8, 4) is 0 Å². The minimum atomic E-state index is -0.411. The van der Waals surface area contributed by atoms with Gasteiger partial charge in [-0.05, 0) is 46.3 Å². The Hall–Kier alpha value is -2.35. The second-order valence-electron chi connectivity index (χ2n) is 5.67. The topological polar surface area (TPSA) is 80.6 Å². The summed E-state index contributed by atoms with van der Waals surface area (Å²) < 4.78 is 11.3. The van der Waals surface area contributed by atoms with E-state index in [1.165, 1.54) is 6.07 Å². The Kier molecular flexibility index (Phi) is 6.15. The number of methoxy groups -OCH3 is 1. The quantitative estimate of drug-likeness (QED) is 0.542. The van der Waals surface area contributed by atoms with Crippen molar-refractivity contribution in [2.75, 3.05) is 25.6 Å². The van der Waals surface area contributed by atoms with Crippen molar-refractivity contribution in [1.29, 1.82) is 0 Å². The predicted octanol–water partition coefficient (Wildman–Crippen LogP) is 4.48. The summed E-state index contributed by atoms with van der Waals surface area (Å²) in [5, 5.41) is 6.45. The predicted molar refractivity (Wildman–Crippen MR) is 108 cm³/mol. The Labute approximate surface area is 168 Å². The lowest BCUT2D eigenvalue weighted by Gasteiger charge is -2.09. The van der Waals surface area contributed by atoms with E-state index in [2.05, 4.69) is 26.6 Å². The zero-order valence-corrected chi connectivity index (χ0v) is 16.7. The number of hydrogen-bond acceptors (Lipinski definition) is 4. The fourth-order valence-electron chi connectivity index (χ4n) is 2.47. The third-order valence-corrected chi connectivity index (χ3v) is 4.72. The number of ether oxygens (including phenoxy) is 1. The minimum Gasteiger partial charge on any atom is -0.450 e. The summed E-state index contributed by atoms with van der Waals surface area (Å²) in [4.78, 5) is 24.5. The van der Waals surface area contributed by atoms with E-state index in [0.29, 0.717) is 30.0 Å². The number of hydrogen-bond donors (Lipinski definition) is 2. The third kappa shape index (κ3) is 4.50. The van der Waals surface area contributed by atoms with Gasteiger partial charge in [-0.15, -0.1) is 0 Å². The maximum absolute atomic E-state index is 12.4. The van der Waals surface area contributed by atoms with Gasteiger partial charge in [0.05, 0.1) is 21.7 Å². The molecule has 0 unspecified atom stereocenters. The van der Waals surface area contributed by atoms with Crippen LogP contribution in [-0.2, 0) is 4.74 Å². The van der Waals surface area contributed by atoms with E-state index in [1.807, 2.05) is 18.2 Å². The first-order valence-electron chi connectivity index (χ1n) is 8.05. The van der Waals surface area contributed by atoms with E-state index in [4.69, 9.17) is 20.8 Å². The van der Waals surface area contributed by atoms with E-state index in [9.17, 15) is 9.59 Å². The lowest BCUT2D eigenvalue weighted by Crippen LogP contribution is -2.27. The van der Waals surface area contributed by atoms with Gasteiger partial charge in [-0.3, -0.25) is 9.59 Å². The average Bonchev–Trinajstić information content (AvgIpc) is 3.08. The van der Waals surface area contributed by atoms with Gasteiger partial charge >= 0.3 is 0 Å². The van der Waals surface area contributed by atoms with E-state index >= 15 is 0 Å². The number of nitrogens with one attached hydrogen (secondary N) is 2. The fourth-order valence-corrected chi connectivity index (χ4v) is 3.20. The summed E-state index contributed by atoms with van der Waals surface area (Å²) >= 11 is 9.57. The molecular formula is C19H16BrClN2O4. The number of rotatable bonds is 6. The second-order valence-corrected chi connectivity index (χ2v) is 6.93. The lowest BCUT2D eigenvalue weighted by molar-refractivity contribution is 0.0936. The largest absolute Gasteiger partial charge is 0.450 e.